The molecule has 0 aromatic rings. The monoisotopic (exact) mass is 187 g/mol. The van der Waals surface area contributed by atoms with Gasteiger partial charge in [0, 0.05) is 24.4 Å². The van der Waals surface area contributed by atoms with E-state index in [0.717, 1.165) is 11.3 Å². The lowest BCUT2D eigenvalue weighted by atomic mass is 10.0. The van der Waals surface area contributed by atoms with Gasteiger partial charge in [-0.25, -0.2) is 0 Å². The van der Waals surface area contributed by atoms with Gasteiger partial charge >= 0.3 is 0 Å². The second kappa shape index (κ2) is 2.98. The third-order valence-corrected chi connectivity index (χ3v) is 2.71. The number of aryl methyl sites for hydroxylation is 2. The summed E-state index contributed by atoms with van der Waals surface area (Å²) in [6, 6.07) is 7.33. The zero-order valence-electron chi connectivity index (χ0n) is 8.66. The van der Waals surface area contributed by atoms with Crippen LogP contribution in [0.5, 0.6) is 0 Å². The van der Waals surface area contributed by atoms with Gasteiger partial charge in [0.15, 0.2) is 5.43 Å². The maximum atomic E-state index is 11.2. The molecule has 2 aliphatic rings. The summed E-state index contributed by atoms with van der Waals surface area (Å²) in [6.45, 7) is 4.11. The molecule has 0 spiro atoms. The predicted molar refractivity (Wildman–Crippen MR) is 57.8 cm³/mol. The van der Waals surface area contributed by atoms with Crippen LogP contribution < -0.4 is 5.43 Å². The summed E-state index contributed by atoms with van der Waals surface area (Å²) in [5.74, 6) is 0. The molecule has 0 unspecified atom stereocenters. The van der Waals surface area contributed by atoms with Crippen molar-refractivity contribution in [3.63, 3.8) is 0 Å². The first-order valence-corrected chi connectivity index (χ1v) is 4.66. The van der Waals surface area contributed by atoms with Crippen molar-refractivity contribution < 1.29 is 0 Å². The third kappa shape index (κ3) is 1.23. The Bertz CT molecular complexity index is 511. The molecule has 1 heterocycles. The smallest absolute Gasteiger partial charge is 0.180 e. The Hall–Kier alpha value is -1.57. The molecule has 0 bridgehead atoms. The summed E-state index contributed by atoms with van der Waals surface area (Å²) >= 11 is 0. The van der Waals surface area contributed by atoms with E-state index in [4.69, 9.17) is 0 Å². The van der Waals surface area contributed by atoms with E-state index >= 15 is 0 Å². The highest BCUT2D eigenvalue weighted by Crippen LogP contribution is 2.24. The molecular formula is C12H13NO. The predicted octanol–water partition coefficient (Wildman–Crippen LogP) is 2.11. The number of benzene rings is 1. The van der Waals surface area contributed by atoms with Crippen molar-refractivity contribution in [2.24, 2.45) is 7.05 Å². The van der Waals surface area contributed by atoms with E-state index in [-0.39, 0.29) is 5.43 Å². The second-order valence-electron chi connectivity index (χ2n) is 3.71. The minimum Gasteiger partial charge on any atom is -0.348 e. The van der Waals surface area contributed by atoms with Crippen molar-refractivity contribution >= 4 is 0 Å². The Kier molecular flexibility index (Phi) is 1.92. The van der Waals surface area contributed by atoms with Crippen molar-refractivity contribution in [2.45, 2.75) is 13.8 Å². The number of hydrogen-bond acceptors (Lipinski definition) is 1. The van der Waals surface area contributed by atoms with E-state index in [0.29, 0.717) is 0 Å². The minimum atomic E-state index is 0.0677. The zero-order chi connectivity index (χ0) is 10.3. The largest absolute Gasteiger partial charge is 0.348 e. The number of aromatic nitrogens is 1. The number of rotatable bonds is 0. The van der Waals surface area contributed by atoms with Gasteiger partial charge in [-0.05, 0) is 37.6 Å². The normalized spacial score (nSPS) is 10.8. The Morgan fingerprint density at radius 3 is 2.57 bits per heavy atom. The SMILES string of the molecule is Cc1cc(C)n(C)c2cc(=O)ccc1-2. The molecule has 0 saturated heterocycles. The summed E-state index contributed by atoms with van der Waals surface area (Å²) in [6.07, 6.45) is 0. The maximum absolute atomic E-state index is 11.2. The lowest BCUT2D eigenvalue weighted by Gasteiger charge is -2.16. The van der Waals surface area contributed by atoms with Gasteiger partial charge in [0.05, 0.1) is 5.69 Å². The van der Waals surface area contributed by atoms with Gasteiger partial charge in [-0.1, -0.05) is 0 Å². The molecule has 2 rings (SSSR count). The van der Waals surface area contributed by atoms with Crippen molar-refractivity contribution in [3.05, 3.63) is 45.7 Å². The highest BCUT2D eigenvalue weighted by atomic mass is 16.1. The van der Waals surface area contributed by atoms with Crippen LogP contribution in [0.15, 0.2) is 29.1 Å². The van der Waals surface area contributed by atoms with Gasteiger partial charge in [0.25, 0.3) is 0 Å². The molecule has 0 aromatic heterocycles. The molecule has 0 saturated carbocycles. The van der Waals surface area contributed by atoms with Crippen LogP contribution in [0.25, 0.3) is 11.3 Å². The van der Waals surface area contributed by atoms with Gasteiger partial charge in [-0.15, -0.1) is 0 Å². The topological polar surface area (TPSA) is 22.0 Å². The number of nitrogens with zero attached hydrogens (tertiary/aromatic N) is 1. The van der Waals surface area contributed by atoms with Crippen LogP contribution in [0.2, 0.25) is 0 Å². The van der Waals surface area contributed by atoms with Crippen LogP contribution in [0.3, 0.4) is 0 Å². The standard InChI is InChI=1S/C12H13NO/c1-8-6-9(2)13(3)12-7-10(14)4-5-11(8)12/h4-7H,1-3H3. The van der Waals surface area contributed by atoms with Gasteiger partial charge in [-0.3, -0.25) is 4.79 Å². The molecule has 72 valence electrons. The van der Waals surface area contributed by atoms with E-state index in [9.17, 15) is 4.79 Å². The fourth-order valence-electron chi connectivity index (χ4n) is 1.80. The van der Waals surface area contributed by atoms with E-state index < -0.39 is 0 Å². The van der Waals surface area contributed by atoms with E-state index in [2.05, 4.69) is 13.0 Å². The molecule has 2 nitrogen and oxygen atoms in total. The molecule has 1 aliphatic heterocycles. The van der Waals surface area contributed by atoms with Gasteiger partial charge in [-0.2, -0.15) is 0 Å². The molecule has 0 amide bonds. The van der Waals surface area contributed by atoms with Crippen LogP contribution in [-0.2, 0) is 7.05 Å². The van der Waals surface area contributed by atoms with Crippen LogP contribution in [-0.4, -0.2) is 4.57 Å². The maximum Gasteiger partial charge on any atom is 0.180 e. The van der Waals surface area contributed by atoms with Crippen molar-refractivity contribution in [3.8, 4) is 11.3 Å². The molecule has 0 aromatic carbocycles. The van der Waals surface area contributed by atoms with E-state index in [1.807, 2.05) is 24.6 Å². The molecule has 2 heteroatoms. The number of fused-ring (bicyclic) bond motifs is 1. The van der Waals surface area contributed by atoms with Crippen molar-refractivity contribution in [1.29, 1.82) is 0 Å². The van der Waals surface area contributed by atoms with Gasteiger partial charge < -0.3 is 4.57 Å². The summed E-state index contributed by atoms with van der Waals surface area (Å²) in [5, 5.41) is 0. The Morgan fingerprint density at radius 2 is 1.86 bits per heavy atom. The first-order chi connectivity index (χ1) is 6.59. The quantitative estimate of drug-likeness (QED) is 0.619. The molecule has 0 fully saturated rings. The molecule has 0 N–H and O–H groups in total. The first kappa shape index (κ1) is 9.00. The van der Waals surface area contributed by atoms with E-state index in [1.54, 1.807) is 12.1 Å². The molecule has 1 aliphatic carbocycles. The number of pyridine rings is 1. The highest BCUT2D eigenvalue weighted by molar-refractivity contribution is 5.65. The Balaban J connectivity index is 2.94. The summed E-state index contributed by atoms with van der Waals surface area (Å²) in [5.41, 5.74) is 4.61. The van der Waals surface area contributed by atoms with Crippen molar-refractivity contribution in [1.82, 2.24) is 4.57 Å². The average molecular weight is 187 g/mol. The van der Waals surface area contributed by atoms with Gasteiger partial charge in [0.2, 0.25) is 0 Å². The Morgan fingerprint density at radius 1 is 1.14 bits per heavy atom. The number of hydrogen-bond donors (Lipinski definition) is 0. The zero-order valence-corrected chi connectivity index (χ0v) is 8.66. The third-order valence-electron chi connectivity index (χ3n) is 2.71. The van der Waals surface area contributed by atoms with E-state index in [1.165, 1.54) is 11.3 Å². The molecule has 0 atom stereocenters. The van der Waals surface area contributed by atoms with Gasteiger partial charge in [0.1, 0.15) is 0 Å². The summed E-state index contributed by atoms with van der Waals surface area (Å²) in [7, 11) is 1.98. The highest BCUT2D eigenvalue weighted by Gasteiger charge is 2.08. The molecule has 0 radical (unpaired) electrons. The summed E-state index contributed by atoms with van der Waals surface area (Å²) < 4.78 is 2.05. The minimum absolute atomic E-state index is 0.0677. The summed E-state index contributed by atoms with van der Waals surface area (Å²) in [4.78, 5) is 11.2. The lowest BCUT2D eigenvalue weighted by Crippen LogP contribution is -2.08. The fraction of sp³-hybridized carbons (Fsp3) is 0.250. The lowest BCUT2D eigenvalue weighted by molar-refractivity contribution is 0.860. The molecular weight excluding hydrogens is 174 g/mol. The van der Waals surface area contributed by atoms with Crippen LogP contribution in [0.4, 0.5) is 0 Å². The average Bonchev–Trinajstić information content (AvgIpc) is 2.14. The second-order valence-corrected chi connectivity index (χ2v) is 3.71. The fourth-order valence-corrected chi connectivity index (χ4v) is 1.80. The first-order valence-electron chi connectivity index (χ1n) is 4.66. The van der Waals surface area contributed by atoms with Crippen LogP contribution in [0, 0.1) is 13.8 Å². The van der Waals surface area contributed by atoms with Crippen LogP contribution in [0.1, 0.15) is 11.3 Å². The van der Waals surface area contributed by atoms with Crippen LogP contribution >= 0.6 is 0 Å². The van der Waals surface area contributed by atoms with Crippen molar-refractivity contribution in [2.75, 3.05) is 0 Å². The molecule has 14 heavy (non-hydrogen) atoms. The Labute approximate surface area is 83.2 Å².